The summed E-state index contributed by atoms with van der Waals surface area (Å²) in [5.74, 6) is -3.56. The zero-order valence-corrected chi connectivity index (χ0v) is 14.8. The molecular formula is C18H20BN3O6. The third-order valence-corrected chi connectivity index (χ3v) is 4.13. The predicted octanol–water partition coefficient (Wildman–Crippen LogP) is -0.344. The standard InChI is InChI=1S/C18H20BN3O6/c20-17(21)11-6-4-10(5-7-11)8-15(23)22-14(19(27)28)9-12-2-1-3-13(16(12)24)18(25)26/h1-7,14,24,27-28H,8-9H2,(H3,20,21)(H,22,23)(H,25,26)/t14-/m0/s1. The SMILES string of the molecule is N=C(N)c1ccc(CC(=O)N[C@@H](Cc2cccc(C(=O)O)c2O)B(O)O)cc1. The van der Waals surface area contributed by atoms with E-state index in [0.717, 1.165) is 0 Å². The van der Waals surface area contributed by atoms with E-state index in [1.54, 1.807) is 24.3 Å². The summed E-state index contributed by atoms with van der Waals surface area (Å²) in [6.07, 6.45) is -0.234. The van der Waals surface area contributed by atoms with Crippen molar-refractivity contribution in [3.63, 3.8) is 0 Å². The molecule has 2 aromatic carbocycles. The van der Waals surface area contributed by atoms with Crippen LogP contribution in [0.3, 0.4) is 0 Å². The zero-order chi connectivity index (χ0) is 20.8. The average Bonchev–Trinajstić information content (AvgIpc) is 2.62. The minimum atomic E-state index is -1.92. The normalized spacial score (nSPS) is 11.5. The molecule has 146 valence electrons. The molecule has 10 heteroatoms. The molecule has 0 aliphatic heterocycles. The Kier molecular flexibility index (Phi) is 6.75. The van der Waals surface area contributed by atoms with Gasteiger partial charge in [0.1, 0.15) is 17.1 Å². The molecule has 1 atom stereocenters. The largest absolute Gasteiger partial charge is 0.507 e. The van der Waals surface area contributed by atoms with Crippen LogP contribution in [0.2, 0.25) is 0 Å². The van der Waals surface area contributed by atoms with Crippen LogP contribution in [0.25, 0.3) is 0 Å². The summed E-state index contributed by atoms with van der Waals surface area (Å²) in [5.41, 5.74) is 6.35. The van der Waals surface area contributed by atoms with Crippen molar-refractivity contribution in [1.29, 1.82) is 5.41 Å². The molecule has 0 spiro atoms. The topological polar surface area (TPSA) is 177 Å². The predicted molar refractivity (Wildman–Crippen MR) is 102 cm³/mol. The van der Waals surface area contributed by atoms with E-state index < -0.39 is 30.7 Å². The minimum absolute atomic E-state index is 0.0530. The van der Waals surface area contributed by atoms with Crippen LogP contribution in [0.15, 0.2) is 42.5 Å². The van der Waals surface area contributed by atoms with E-state index in [4.69, 9.17) is 16.2 Å². The number of amidine groups is 1. The average molecular weight is 385 g/mol. The van der Waals surface area contributed by atoms with Crippen LogP contribution in [0.4, 0.5) is 0 Å². The van der Waals surface area contributed by atoms with Crippen molar-refractivity contribution in [2.45, 2.75) is 18.8 Å². The van der Waals surface area contributed by atoms with Gasteiger partial charge in [-0.15, -0.1) is 0 Å². The lowest BCUT2D eigenvalue weighted by atomic mass is 9.75. The number of amides is 1. The maximum Gasteiger partial charge on any atom is 0.475 e. The molecular weight excluding hydrogens is 365 g/mol. The second kappa shape index (κ2) is 9.02. The Labute approximate surface area is 161 Å². The first-order chi connectivity index (χ1) is 13.2. The number of carboxylic acids is 1. The van der Waals surface area contributed by atoms with Gasteiger partial charge in [0, 0.05) is 5.56 Å². The molecule has 0 aromatic heterocycles. The number of carboxylic acid groups (broad SMARTS) is 1. The monoisotopic (exact) mass is 385 g/mol. The lowest BCUT2D eigenvalue weighted by Gasteiger charge is -2.19. The van der Waals surface area contributed by atoms with Gasteiger partial charge in [0.15, 0.2) is 0 Å². The molecule has 0 saturated carbocycles. The minimum Gasteiger partial charge on any atom is -0.507 e. The Morgan fingerprint density at radius 3 is 2.32 bits per heavy atom. The highest BCUT2D eigenvalue weighted by atomic mass is 16.4. The lowest BCUT2D eigenvalue weighted by Crippen LogP contribution is -2.48. The van der Waals surface area contributed by atoms with Crippen molar-refractivity contribution in [2.24, 2.45) is 5.73 Å². The van der Waals surface area contributed by atoms with E-state index in [-0.39, 0.29) is 29.8 Å². The number of carbonyl (C=O) groups is 2. The van der Waals surface area contributed by atoms with E-state index >= 15 is 0 Å². The number of benzene rings is 2. The number of nitrogen functional groups attached to an aromatic ring is 1. The van der Waals surface area contributed by atoms with Crippen LogP contribution in [0.5, 0.6) is 5.75 Å². The summed E-state index contributed by atoms with van der Waals surface area (Å²) < 4.78 is 0. The number of para-hydroxylation sites is 1. The van der Waals surface area contributed by atoms with Crippen LogP contribution in [0, 0.1) is 5.41 Å². The fraction of sp³-hybridized carbons (Fsp3) is 0.167. The fourth-order valence-corrected chi connectivity index (χ4v) is 2.64. The van der Waals surface area contributed by atoms with Gasteiger partial charge in [-0.05, 0) is 23.6 Å². The molecule has 2 aromatic rings. The summed E-state index contributed by atoms with van der Waals surface area (Å²) in [4.78, 5) is 23.3. The number of aromatic hydroxyl groups is 1. The van der Waals surface area contributed by atoms with Crippen molar-refractivity contribution < 1.29 is 29.9 Å². The molecule has 0 aliphatic carbocycles. The molecule has 0 saturated heterocycles. The number of nitrogens with two attached hydrogens (primary N) is 1. The highest BCUT2D eigenvalue weighted by Crippen LogP contribution is 2.24. The van der Waals surface area contributed by atoms with Gasteiger partial charge in [-0.1, -0.05) is 36.4 Å². The van der Waals surface area contributed by atoms with Gasteiger partial charge in [0.25, 0.3) is 0 Å². The van der Waals surface area contributed by atoms with E-state index in [1.807, 2.05) is 0 Å². The fourth-order valence-electron chi connectivity index (χ4n) is 2.64. The second-order valence-corrected chi connectivity index (χ2v) is 6.20. The third kappa shape index (κ3) is 5.32. The molecule has 0 unspecified atom stereocenters. The van der Waals surface area contributed by atoms with Gasteiger partial charge in [-0.3, -0.25) is 10.2 Å². The van der Waals surface area contributed by atoms with Crippen molar-refractivity contribution in [3.8, 4) is 5.75 Å². The smallest absolute Gasteiger partial charge is 0.475 e. The van der Waals surface area contributed by atoms with Crippen molar-refractivity contribution >= 4 is 24.8 Å². The Morgan fingerprint density at radius 2 is 1.79 bits per heavy atom. The number of carbonyl (C=O) groups excluding carboxylic acids is 1. The van der Waals surface area contributed by atoms with E-state index in [0.29, 0.717) is 11.1 Å². The molecule has 1 amide bonds. The Bertz CT molecular complexity index is 885. The first-order valence-electron chi connectivity index (χ1n) is 8.32. The molecule has 8 N–H and O–H groups in total. The Balaban J connectivity index is 2.08. The van der Waals surface area contributed by atoms with Crippen molar-refractivity contribution in [3.05, 3.63) is 64.7 Å². The maximum absolute atomic E-state index is 12.2. The van der Waals surface area contributed by atoms with Crippen LogP contribution < -0.4 is 11.1 Å². The van der Waals surface area contributed by atoms with Crippen LogP contribution in [-0.2, 0) is 17.6 Å². The Morgan fingerprint density at radius 1 is 1.14 bits per heavy atom. The molecule has 0 radical (unpaired) electrons. The molecule has 0 aliphatic rings. The first kappa shape index (κ1) is 20.9. The molecule has 9 nitrogen and oxygen atoms in total. The number of phenols is 1. The van der Waals surface area contributed by atoms with Crippen LogP contribution >= 0.6 is 0 Å². The number of rotatable bonds is 8. The third-order valence-electron chi connectivity index (χ3n) is 4.13. The summed E-state index contributed by atoms with van der Waals surface area (Å²) in [5, 5.41) is 48.0. The molecule has 0 heterocycles. The van der Waals surface area contributed by atoms with E-state index in [9.17, 15) is 24.7 Å². The molecule has 28 heavy (non-hydrogen) atoms. The van der Waals surface area contributed by atoms with Gasteiger partial charge in [0.05, 0.1) is 12.4 Å². The number of hydrogen-bond acceptors (Lipinski definition) is 6. The molecule has 0 fully saturated rings. The van der Waals surface area contributed by atoms with Crippen molar-refractivity contribution in [2.75, 3.05) is 0 Å². The van der Waals surface area contributed by atoms with Gasteiger partial charge in [-0.2, -0.15) is 0 Å². The summed E-state index contributed by atoms with van der Waals surface area (Å²) >= 11 is 0. The summed E-state index contributed by atoms with van der Waals surface area (Å²) in [6.45, 7) is 0. The second-order valence-electron chi connectivity index (χ2n) is 6.20. The maximum atomic E-state index is 12.2. The molecule has 2 rings (SSSR count). The van der Waals surface area contributed by atoms with E-state index in [2.05, 4.69) is 5.32 Å². The number of aromatic carboxylic acids is 1. The van der Waals surface area contributed by atoms with Crippen LogP contribution in [0.1, 0.15) is 27.0 Å². The van der Waals surface area contributed by atoms with Gasteiger partial charge >= 0.3 is 13.1 Å². The van der Waals surface area contributed by atoms with Crippen LogP contribution in [-0.4, -0.2) is 51.0 Å². The van der Waals surface area contributed by atoms with Gasteiger partial charge < -0.3 is 31.3 Å². The summed E-state index contributed by atoms with van der Waals surface area (Å²) in [7, 11) is -1.92. The summed E-state index contributed by atoms with van der Waals surface area (Å²) in [6, 6.07) is 10.5. The number of nitrogens with one attached hydrogen (secondary N) is 2. The molecule has 0 bridgehead atoms. The number of hydrogen-bond donors (Lipinski definition) is 7. The highest BCUT2D eigenvalue weighted by molar-refractivity contribution is 6.43. The van der Waals surface area contributed by atoms with Gasteiger partial charge in [0.2, 0.25) is 5.91 Å². The van der Waals surface area contributed by atoms with E-state index in [1.165, 1.54) is 18.2 Å². The highest BCUT2D eigenvalue weighted by Gasteiger charge is 2.27. The van der Waals surface area contributed by atoms with Gasteiger partial charge in [-0.25, -0.2) is 4.79 Å². The van der Waals surface area contributed by atoms with Crippen molar-refractivity contribution in [1.82, 2.24) is 5.32 Å². The quantitative estimate of drug-likeness (QED) is 0.185. The Hall–Kier alpha value is -3.37. The first-order valence-corrected chi connectivity index (χ1v) is 8.32. The zero-order valence-electron chi connectivity index (χ0n) is 14.8. The lowest BCUT2D eigenvalue weighted by molar-refractivity contribution is -0.120.